The number of amides is 1. The first-order valence-corrected chi connectivity index (χ1v) is 6.66. The lowest BCUT2D eigenvalue weighted by Gasteiger charge is -2.29. The molecule has 1 aromatic heterocycles. The number of alkyl halides is 3. The van der Waals surface area contributed by atoms with E-state index in [1.165, 1.54) is 18.3 Å². The Balaban J connectivity index is 0.00000264. The van der Waals surface area contributed by atoms with E-state index in [1.807, 2.05) is 0 Å². The molecule has 1 fully saturated rings. The number of ether oxygens (including phenoxy) is 2. The Morgan fingerprint density at radius 2 is 2.17 bits per heavy atom. The van der Waals surface area contributed by atoms with Gasteiger partial charge in [0.25, 0.3) is 0 Å². The summed E-state index contributed by atoms with van der Waals surface area (Å²) >= 11 is 0. The van der Waals surface area contributed by atoms with Crippen molar-refractivity contribution in [2.24, 2.45) is 0 Å². The van der Waals surface area contributed by atoms with Gasteiger partial charge in [-0.25, -0.2) is 4.98 Å². The molecule has 24 heavy (non-hydrogen) atoms. The molecule has 2 atom stereocenters. The molecule has 0 bridgehead atoms. The summed E-state index contributed by atoms with van der Waals surface area (Å²) in [6.45, 7) is 1.48. The van der Waals surface area contributed by atoms with Crippen LogP contribution in [-0.4, -0.2) is 49.0 Å². The van der Waals surface area contributed by atoms with Gasteiger partial charge in [-0.2, -0.15) is 13.2 Å². The minimum atomic E-state index is -4.42. The Morgan fingerprint density at radius 1 is 1.46 bits per heavy atom. The third-order valence-electron chi connectivity index (χ3n) is 2.99. The highest BCUT2D eigenvalue weighted by molar-refractivity contribution is 5.95. The normalized spacial score (nSPS) is 20.3. The molecule has 138 valence electrons. The summed E-state index contributed by atoms with van der Waals surface area (Å²) in [4.78, 5) is 15.8. The quantitative estimate of drug-likeness (QED) is 0.822. The van der Waals surface area contributed by atoms with Crippen molar-refractivity contribution in [3.63, 3.8) is 0 Å². The van der Waals surface area contributed by atoms with Gasteiger partial charge in [0.05, 0.1) is 24.6 Å². The maximum Gasteiger partial charge on any atom is 0.422 e. The predicted octanol–water partition coefficient (Wildman–Crippen LogP) is 2.18. The number of halogens is 5. The van der Waals surface area contributed by atoms with Crippen LogP contribution in [0.1, 0.15) is 6.92 Å². The number of aromatic nitrogens is 1. The van der Waals surface area contributed by atoms with E-state index in [1.54, 1.807) is 6.92 Å². The molecular formula is C13H18Cl2F3N3O3. The lowest BCUT2D eigenvalue weighted by molar-refractivity contribution is -0.154. The van der Waals surface area contributed by atoms with Crippen molar-refractivity contribution >= 4 is 36.4 Å². The SMILES string of the molecule is C[C@H]1OCCN[C@@H]1C(=O)Nc1ccc(OCC(F)(F)F)nc1.Cl.Cl. The maximum atomic E-state index is 12.1. The van der Waals surface area contributed by atoms with Crippen molar-refractivity contribution in [1.29, 1.82) is 0 Å². The summed E-state index contributed by atoms with van der Waals surface area (Å²) in [6.07, 6.45) is -3.45. The second-order valence-corrected chi connectivity index (χ2v) is 4.79. The van der Waals surface area contributed by atoms with Gasteiger partial charge in [-0.3, -0.25) is 4.79 Å². The Bertz CT molecular complexity index is 517. The third-order valence-corrected chi connectivity index (χ3v) is 2.99. The van der Waals surface area contributed by atoms with E-state index in [4.69, 9.17) is 4.74 Å². The van der Waals surface area contributed by atoms with Crippen molar-refractivity contribution in [2.45, 2.75) is 25.2 Å². The van der Waals surface area contributed by atoms with Gasteiger partial charge in [-0.05, 0) is 13.0 Å². The van der Waals surface area contributed by atoms with E-state index in [0.717, 1.165) is 0 Å². The Labute approximate surface area is 149 Å². The number of carbonyl (C=O) groups excluding carboxylic acids is 1. The lowest BCUT2D eigenvalue weighted by Crippen LogP contribution is -2.53. The molecule has 2 heterocycles. The second kappa shape index (κ2) is 9.87. The molecule has 0 aromatic carbocycles. The standard InChI is InChI=1S/C13H16F3N3O3.2ClH/c1-8-11(17-4-5-21-8)12(20)19-9-2-3-10(18-6-9)22-7-13(14,15)16;;/h2-3,6,8,11,17H,4-5,7H2,1H3,(H,19,20);2*1H/t8-,11+;;/m1../s1. The Kier molecular flexibility index (Phi) is 9.34. The Morgan fingerprint density at radius 3 is 2.71 bits per heavy atom. The number of carbonyl (C=O) groups is 1. The number of rotatable bonds is 4. The van der Waals surface area contributed by atoms with Gasteiger partial charge in [0.2, 0.25) is 11.8 Å². The number of pyridine rings is 1. The summed E-state index contributed by atoms with van der Waals surface area (Å²) < 4.78 is 45.9. The molecular weight excluding hydrogens is 374 g/mol. The van der Waals surface area contributed by atoms with Crippen LogP contribution in [-0.2, 0) is 9.53 Å². The second-order valence-electron chi connectivity index (χ2n) is 4.79. The summed E-state index contributed by atoms with van der Waals surface area (Å²) in [7, 11) is 0. The zero-order chi connectivity index (χ0) is 16.2. The van der Waals surface area contributed by atoms with Crippen LogP contribution in [0.25, 0.3) is 0 Å². The minimum Gasteiger partial charge on any atom is -0.468 e. The third kappa shape index (κ3) is 7.08. The summed E-state index contributed by atoms with van der Waals surface area (Å²) in [6, 6.07) is 2.19. The van der Waals surface area contributed by atoms with Crippen molar-refractivity contribution < 1.29 is 27.4 Å². The molecule has 6 nitrogen and oxygen atoms in total. The molecule has 0 radical (unpaired) electrons. The van der Waals surface area contributed by atoms with Crippen LogP contribution in [0.4, 0.5) is 18.9 Å². The molecule has 0 saturated carbocycles. The van der Waals surface area contributed by atoms with Crippen LogP contribution >= 0.6 is 24.8 Å². The molecule has 2 rings (SSSR count). The number of morpholine rings is 1. The predicted molar refractivity (Wildman–Crippen MR) is 86.1 cm³/mol. The van der Waals surface area contributed by atoms with E-state index in [-0.39, 0.29) is 42.7 Å². The molecule has 1 saturated heterocycles. The molecule has 0 spiro atoms. The van der Waals surface area contributed by atoms with Crippen molar-refractivity contribution in [1.82, 2.24) is 10.3 Å². The fraction of sp³-hybridized carbons (Fsp3) is 0.538. The first-order valence-electron chi connectivity index (χ1n) is 6.66. The highest BCUT2D eigenvalue weighted by Gasteiger charge is 2.29. The first kappa shape index (κ1) is 22.7. The van der Waals surface area contributed by atoms with Gasteiger partial charge < -0.3 is 20.1 Å². The van der Waals surface area contributed by atoms with Crippen LogP contribution < -0.4 is 15.4 Å². The van der Waals surface area contributed by atoms with Gasteiger partial charge in [0.15, 0.2) is 6.61 Å². The van der Waals surface area contributed by atoms with Crippen LogP contribution in [0.15, 0.2) is 18.3 Å². The largest absolute Gasteiger partial charge is 0.468 e. The van der Waals surface area contributed by atoms with Crippen molar-refractivity contribution in [3.05, 3.63) is 18.3 Å². The number of nitrogens with zero attached hydrogens (tertiary/aromatic N) is 1. The van der Waals surface area contributed by atoms with E-state index in [0.29, 0.717) is 18.8 Å². The first-order chi connectivity index (χ1) is 10.3. The topological polar surface area (TPSA) is 72.5 Å². The van der Waals surface area contributed by atoms with Gasteiger partial charge in [-0.15, -0.1) is 24.8 Å². The zero-order valence-electron chi connectivity index (χ0n) is 12.6. The van der Waals surface area contributed by atoms with Gasteiger partial charge in [0.1, 0.15) is 6.04 Å². The molecule has 2 N–H and O–H groups in total. The minimum absolute atomic E-state index is 0. The van der Waals surface area contributed by atoms with Gasteiger partial charge in [-0.1, -0.05) is 0 Å². The van der Waals surface area contributed by atoms with Crippen molar-refractivity contribution in [2.75, 3.05) is 25.1 Å². The molecule has 1 aliphatic rings. The molecule has 1 aromatic rings. The number of anilines is 1. The number of hydrogen-bond acceptors (Lipinski definition) is 5. The van der Waals surface area contributed by atoms with Crippen LogP contribution in [0, 0.1) is 0 Å². The number of hydrogen-bond donors (Lipinski definition) is 2. The Hall–Kier alpha value is -1.29. The smallest absolute Gasteiger partial charge is 0.422 e. The van der Waals surface area contributed by atoms with E-state index < -0.39 is 18.8 Å². The summed E-state index contributed by atoms with van der Waals surface area (Å²) in [5.41, 5.74) is 0.365. The van der Waals surface area contributed by atoms with Crippen LogP contribution in [0.5, 0.6) is 5.88 Å². The fourth-order valence-corrected chi connectivity index (χ4v) is 1.94. The maximum absolute atomic E-state index is 12.1. The molecule has 1 aliphatic heterocycles. The fourth-order valence-electron chi connectivity index (χ4n) is 1.94. The lowest BCUT2D eigenvalue weighted by atomic mass is 10.1. The zero-order valence-corrected chi connectivity index (χ0v) is 14.3. The summed E-state index contributed by atoms with van der Waals surface area (Å²) in [5, 5.41) is 5.65. The van der Waals surface area contributed by atoms with E-state index in [9.17, 15) is 18.0 Å². The molecule has 0 aliphatic carbocycles. The molecule has 11 heteroatoms. The van der Waals surface area contributed by atoms with Gasteiger partial charge >= 0.3 is 6.18 Å². The molecule has 0 unspecified atom stereocenters. The van der Waals surface area contributed by atoms with Crippen LogP contribution in [0.3, 0.4) is 0 Å². The van der Waals surface area contributed by atoms with Crippen LogP contribution in [0.2, 0.25) is 0 Å². The highest BCUT2D eigenvalue weighted by Crippen LogP contribution is 2.18. The van der Waals surface area contributed by atoms with E-state index in [2.05, 4.69) is 20.4 Å². The van der Waals surface area contributed by atoms with E-state index >= 15 is 0 Å². The monoisotopic (exact) mass is 391 g/mol. The highest BCUT2D eigenvalue weighted by atomic mass is 35.5. The number of nitrogens with one attached hydrogen (secondary N) is 2. The van der Waals surface area contributed by atoms with Gasteiger partial charge in [0, 0.05) is 12.6 Å². The summed E-state index contributed by atoms with van der Waals surface area (Å²) in [5.74, 6) is -0.458. The average Bonchev–Trinajstić information content (AvgIpc) is 2.46. The average molecular weight is 392 g/mol. The molecule has 1 amide bonds. The van der Waals surface area contributed by atoms with Crippen molar-refractivity contribution in [3.8, 4) is 5.88 Å².